The van der Waals surface area contributed by atoms with Crippen molar-refractivity contribution in [3.05, 3.63) is 0 Å². The molecule has 0 amide bonds. The Balaban J connectivity index is 2.17. The van der Waals surface area contributed by atoms with E-state index in [0.29, 0.717) is 0 Å². The van der Waals surface area contributed by atoms with E-state index in [-0.39, 0.29) is 0 Å². The average molecular weight is 307 g/mol. The molecule has 3 aliphatic heterocycles. The normalized spacial score (nSPS) is 30.2. The summed E-state index contributed by atoms with van der Waals surface area (Å²) in [5.41, 5.74) is 0. The van der Waals surface area contributed by atoms with Crippen molar-refractivity contribution >= 4 is 21.0 Å². The molecule has 0 aromatic carbocycles. The van der Waals surface area contributed by atoms with Crippen molar-refractivity contribution in [2.24, 2.45) is 0 Å². The third-order valence-corrected chi connectivity index (χ3v) is 10.1. The van der Waals surface area contributed by atoms with Gasteiger partial charge in [0.05, 0.1) is 0 Å². The fraction of sp³-hybridized carbons (Fsp3) is 1.00. The topological polar surface area (TPSA) is 13.0 Å². The molecule has 0 atom stereocenters. The number of likely N-dealkylation sites (N-methyl/N-ethyl adjacent to an activating group) is 3. The van der Waals surface area contributed by atoms with Gasteiger partial charge in [0.1, 0.15) is 0 Å². The Morgan fingerprint density at radius 3 is 1.36 bits per heavy atom. The number of hydrogen-bond donors (Lipinski definition) is 0. The molecule has 0 radical (unpaired) electrons. The van der Waals surface area contributed by atoms with E-state index < -0.39 is 21.0 Å². The van der Waals surface area contributed by atoms with Gasteiger partial charge in [-0.15, -0.1) is 0 Å². The Hall–Kier alpha value is 0.658. The zero-order valence-corrected chi connectivity index (χ0v) is 12.0. The molecule has 4 nitrogen and oxygen atoms in total. The van der Waals surface area contributed by atoms with E-state index in [1.165, 1.54) is 39.3 Å². The summed E-state index contributed by atoms with van der Waals surface area (Å²) in [6.45, 7) is 7.61. The van der Waals surface area contributed by atoms with Crippen LogP contribution in [0.4, 0.5) is 0 Å². The molecule has 3 heterocycles. The van der Waals surface area contributed by atoms with Gasteiger partial charge in [-0.05, 0) is 0 Å². The molecule has 82 valence electrons. The van der Waals surface area contributed by atoms with Crippen molar-refractivity contribution in [3.8, 4) is 0 Å². The Labute approximate surface area is 95.5 Å². The molecule has 3 fully saturated rings. The summed E-state index contributed by atoms with van der Waals surface area (Å²) in [5.74, 6) is 0. The monoisotopic (exact) mass is 306 g/mol. The second-order valence-electron chi connectivity index (χ2n) is 4.25. The molecule has 5 heteroatoms. The minimum atomic E-state index is -1.44. The quantitative estimate of drug-likeness (QED) is 0.538. The molecule has 0 aliphatic carbocycles. The van der Waals surface area contributed by atoms with Gasteiger partial charge >= 0.3 is 95.5 Å². The Bertz CT molecular complexity index is 168. The van der Waals surface area contributed by atoms with Crippen LogP contribution in [0.5, 0.6) is 0 Å². The minimum absolute atomic E-state index is 1.26. The second kappa shape index (κ2) is 4.67. The molecule has 0 aromatic rings. The first kappa shape index (κ1) is 11.2. The van der Waals surface area contributed by atoms with Gasteiger partial charge in [0.25, 0.3) is 0 Å². The van der Waals surface area contributed by atoms with Gasteiger partial charge in [-0.3, -0.25) is 0 Å². The van der Waals surface area contributed by atoms with E-state index in [1.807, 2.05) is 0 Å². The zero-order valence-electron chi connectivity index (χ0n) is 9.48. The number of hydrogen-bond acceptors (Lipinski definition) is 4. The van der Waals surface area contributed by atoms with Gasteiger partial charge in [0, 0.05) is 0 Å². The van der Waals surface area contributed by atoms with Crippen LogP contribution >= 0.6 is 0 Å². The van der Waals surface area contributed by atoms with Crippen molar-refractivity contribution in [2.75, 3.05) is 60.4 Å². The van der Waals surface area contributed by atoms with Crippen LogP contribution in [0, 0.1) is 0 Å². The predicted molar refractivity (Wildman–Crippen MR) is 60.1 cm³/mol. The number of nitrogens with zero attached hydrogens (tertiary/aromatic N) is 4. The maximum absolute atomic E-state index is 2.63. The summed E-state index contributed by atoms with van der Waals surface area (Å²) in [6.07, 6.45) is 0. The molecule has 0 spiro atoms. The van der Waals surface area contributed by atoms with E-state index in [1.54, 1.807) is 0 Å². The van der Waals surface area contributed by atoms with Gasteiger partial charge < -0.3 is 0 Å². The Morgan fingerprint density at radius 1 is 0.643 bits per heavy atom. The van der Waals surface area contributed by atoms with Gasteiger partial charge in [0.2, 0.25) is 0 Å². The summed E-state index contributed by atoms with van der Waals surface area (Å²) < 4.78 is 7.90. The molecule has 3 rings (SSSR count). The van der Waals surface area contributed by atoms with Crippen molar-refractivity contribution in [1.82, 2.24) is 14.1 Å². The third-order valence-electron chi connectivity index (χ3n) is 3.14. The maximum atomic E-state index is 2.63. The number of rotatable bonds is 0. The van der Waals surface area contributed by atoms with Crippen LogP contribution in [0.2, 0.25) is 0 Å². The Kier molecular flexibility index (Phi) is 3.72. The molecule has 3 saturated heterocycles. The van der Waals surface area contributed by atoms with E-state index in [4.69, 9.17) is 0 Å². The van der Waals surface area contributed by atoms with Crippen LogP contribution in [-0.2, 0) is 0 Å². The molecular formula is C9H21N4Sb. The molecule has 0 unspecified atom stereocenters. The van der Waals surface area contributed by atoms with Crippen molar-refractivity contribution in [3.63, 3.8) is 0 Å². The van der Waals surface area contributed by atoms with Crippen molar-refractivity contribution < 1.29 is 0 Å². The van der Waals surface area contributed by atoms with Crippen LogP contribution in [0.15, 0.2) is 0 Å². The van der Waals surface area contributed by atoms with Gasteiger partial charge in [-0.2, -0.15) is 0 Å². The van der Waals surface area contributed by atoms with Gasteiger partial charge in [-0.25, -0.2) is 0 Å². The first-order valence-corrected chi connectivity index (χ1v) is 8.76. The van der Waals surface area contributed by atoms with Crippen LogP contribution in [0.25, 0.3) is 0 Å². The summed E-state index contributed by atoms with van der Waals surface area (Å²) in [5, 5.41) is 0. The molecular weight excluding hydrogens is 286 g/mol. The van der Waals surface area contributed by atoms with Gasteiger partial charge in [-0.1, -0.05) is 0 Å². The molecule has 0 saturated carbocycles. The Morgan fingerprint density at radius 2 is 1.00 bits per heavy atom. The van der Waals surface area contributed by atoms with Crippen molar-refractivity contribution in [1.29, 1.82) is 0 Å². The van der Waals surface area contributed by atoms with Crippen molar-refractivity contribution in [2.45, 2.75) is 0 Å². The first-order chi connectivity index (χ1) is 6.68. The van der Waals surface area contributed by atoms with Crippen LogP contribution < -0.4 is 0 Å². The summed E-state index contributed by atoms with van der Waals surface area (Å²) in [4.78, 5) is 2.60. The summed E-state index contributed by atoms with van der Waals surface area (Å²) in [7, 11) is 6.93. The zero-order chi connectivity index (χ0) is 10.1. The molecule has 14 heavy (non-hydrogen) atoms. The molecule has 3 aliphatic rings. The van der Waals surface area contributed by atoms with E-state index in [9.17, 15) is 0 Å². The molecule has 0 N–H and O–H groups in total. The predicted octanol–water partition coefficient (Wildman–Crippen LogP) is -0.904. The van der Waals surface area contributed by atoms with E-state index in [2.05, 4.69) is 35.2 Å². The number of fused-ring (bicyclic) bond motifs is 6. The average Bonchev–Trinajstić information content (AvgIpc) is 2.11. The summed E-state index contributed by atoms with van der Waals surface area (Å²) in [6, 6.07) is 0. The van der Waals surface area contributed by atoms with E-state index in [0.717, 1.165) is 0 Å². The molecule has 2 bridgehead atoms. The fourth-order valence-corrected chi connectivity index (χ4v) is 9.01. The van der Waals surface area contributed by atoms with Gasteiger partial charge in [0.15, 0.2) is 0 Å². The third kappa shape index (κ3) is 2.25. The van der Waals surface area contributed by atoms with Crippen LogP contribution in [-0.4, -0.2) is 95.5 Å². The summed E-state index contributed by atoms with van der Waals surface area (Å²) >= 11 is -1.44. The molecule has 0 aromatic heterocycles. The standard InChI is InChI=1S/C9H21N4.Sb/c1-10-4-7-13(8-5-11-2)9-6-12-3;/h4-9H2,1-3H3;/q-3;+3. The second-order valence-corrected chi connectivity index (χ2v) is 11.6. The van der Waals surface area contributed by atoms with E-state index >= 15 is 0 Å². The first-order valence-electron chi connectivity index (χ1n) is 5.34. The van der Waals surface area contributed by atoms with Crippen LogP contribution in [0.3, 0.4) is 0 Å². The SMILES string of the molecule is C[N]1CCN2CC[N](C)[Sb]1[N](C)CC2. The fourth-order valence-electron chi connectivity index (χ4n) is 2.24. The van der Waals surface area contributed by atoms with Crippen LogP contribution in [0.1, 0.15) is 0 Å².